The SMILES string of the molecule is O=C(Nc1cnn(C2CCN(C(=O)CC3CCCC3)CC2)c1)c1cc(-c2cccc(C(F)(F)F)c2)n[nH]1. The minimum absolute atomic E-state index is 0.120. The minimum Gasteiger partial charge on any atom is -0.343 e. The van der Waals surface area contributed by atoms with E-state index in [4.69, 9.17) is 0 Å². The van der Waals surface area contributed by atoms with E-state index in [1.54, 1.807) is 12.4 Å². The van der Waals surface area contributed by atoms with Gasteiger partial charge in [0.1, 0.15) is 5.69 Å². The molecule has 0 unspecified atom stereocenters. The van der Waals surface area contributed by atoms with Crippen molar-refractivity contribution in [2.24, 2.45) is 5.92 Å². The van der Waals surface area contributed by atoms with Gasteiger partial charge >= 0.3 is 6.18 Å². The zero-order valence-corrected chi connectivity index (χ0v) is 20.3. The maximum Gasteiger partial charge on any atom is 0.416 e. The van der Waals surface area contributed by atoms with Crippen molar-refractivity contribution in [3.8, 4) is 11.3 Å². The van der Waals surface area contributed by atoms with Crippen LogP contribution in [0.2, 0.25) is 0 Å². The third-order valence-corrected chi connectivity index (χ3v) is 7.30. The average Bonchev–Trinajstić information content (AvgIpc) is 3.66. The summed E-state index contributed by atoms with van der Waals surface area (Å²) in [5.74, 6) is 0.318. The van der Waals surface area contributed by atoms with Gasteiger partial charge in [0, 0.05) is 31.3 Å². The Morgan fingerprint density at radius 3 is 2.57 bits per heavy atom. The van der Waals surface area contributed by atoms with Gasteiger partial charge in [-0.15, -0.1) is 0 Å². The van der Waals surface area contributed by atoms with Crippen molar-refractivity contribution >= 4 is 17.5 Å². The number of nitrogens with zero attached hydrogens (tertiary/aromatic N) is 4. The summed E-state index contributed by atoms with van der Waals surface area (Å²) in [5.41, 5.74) is 0.330. The number of aromatic amines is 1. The van der Waals surface area contributed by atoms with Crippen LogP contribution < -0.4 is 5.32 Å². The summed E-state index contributed by atoms with van der Waals surface area (Å²) in [7, 11) is 0. The van der Waals surface area contributed by atoms with Crippen LogP contribution in [0, 0.1) is 5.92 Å². The molecule has 0 bridgehead atoms. The van der Waals surface area contributed by atoms with Gasteiger partial charge in [-0.25, -0.2) is 0 Å². The van der Waals surface area contributed by atoms with Crippen molar-refractivity contribution in [3.05, 3.63) is 54.0 Å². The van der Waals surface area contributed by atoms with Gasteiger partial charge in [0.05, 0.1) is 29.2 Å². The average molecular weight is 515 g/mol. The summed E-state index contributed by atoms with van der Waals surface area (Å²) in [6.45, 7) is 1.40. The maximum atomic E-state index is 13.0. The van der Waals surface area contributed by atoms with Crippen molar-refractivity contribution in [3.63, 3.8) is 0 Å². The number of hydrogen-bond acceptors (Lipinski definition) is 4. The number of aromatic nitrogens is 4. The van der Waals surface area contributed by atoms with Gasteiger partial charge in [-0.1, -0.05) is 25.0 Å². The lowest BCUT2D eigenvalue weighted by Crippen LogP contribution is -2.39. The van der Waals surface area contributed by atoms with E-state index in [-0.39, 0.29) is 28.9 Å². The summed E-state index contributed by atoms with van der Waals surface area (Å²) < 4.78 is 40.8. The Hall–Kier alpha value is -3.63. The molecule has 2 amide bonds. The van der Waals surface area contributed by atoms with Crippen molar-refractivity contribution < 1.29 is 22.8 Å². The monoisotopic (exact) mass is 514 g/mol. The van der Waals surface area contributed by atoms with Crippen molar-refractivity contribution in [1.82, 2.24) is 24.9 Å². The summed E-state index contributed by atoms with van der Waals surface area (Å²) >= 11 is 0. The lowest BCUT2D eigenvalue weighted by atomic mass is 10.0. The summed E-state index contributed by atoms with van der Waals surface area (Å²) in [6.07, 6.45) is 5.89. The quantitative estimate of drug-likeness (QED) is 0.467. The molecule has 2 N–H and O–H groups in total. The van der Waals surface area contributed by atoms with Crippen LogP contribution in [-0.4, -0.2) is 49.8 Å². The first-order valence-corrected chi connectivity index (χ1v) is 12.6. The molecule has 0 spiro atoms. The zero-order valence-electron chi connectivity index (χ0n) is 20.3. The molecule has 0 atom stereocenters. The molecule has 8 nitrogen and oxygen atoms in total. The minimum atomic E-state index is -4.46. The van der Waals surface area contributed by atoms with Gasteiger partial charge in [0.25, 0.3) is 5.91 Å². The molecule has 1 aliphatic heterocycles. The number of alkyl halides is 3. The molecule has 11 heteroatoms. The molecule has 2 fully saturated rings. The number of carbonyl (C=O) groups excluding carboxylic acids is 2. The molecular formula is C26H29F3N6O2. The number of piperidine rings is 1. The maximum absolute atomic E-state index is 13.0. The largest absolute Gasteiger partial charge is 0.416 e. The molecule has 1 saturated carbocycles. The van der Waals surface area contributed by atoms with Crippen LogP contribution in [0.1, 0.15) is 67.0 Å². The van der Waals surface area contributed by atoms with Gasteiger partial charge in [-0.05, 0) is 49.8 Å². The Kier molecular flexibility index (Phi) is 7.03. The van der Waals surface area contributed by atoms with E-state index in [1.807, 2.05) is 9.58 Å². The summed E-state index contributed by atoms with van der Waals surface area (Å²) in [6, 6.07) is 6.34. The molecular weight excluding hydrogens is 485 g/mol. The molecule has 2 aliphatic rings. The number of carbonyl (C=O) groups is 2. The number of hydrogen-bond donors (Lipinski definition) is 2. The van der Waals surface area contributed by atoms with Crippen LogP contribution in [0.3, 0.4) is 0 Å². The van der Waals surface area contributed by atoms with Gasteiger partial charge in [0.2, 0.25) is 5.91 Å². The highest BCUT2D eigenvalue weighted by Gasteiger charge is 2.31. The number of rotatable bonds is 6. The van der Waals surface area contributed by atoms with Crippen LogP contribution in [-0.2, 0) is 11.0 Å². The molecule has 196 valence electrons. The second-order valence-electron chi connectivity index (χ2n) is 9.88. The first kappa shape index (κ1) is 25.0. The number of H-pyrrole nitrogens is 1. The highest BCUT2D eigenvalue weighted by atomic mass is 19.4. The van der Waals surface area contributed by atoms with Gasteiger partial charge in [-0.3, -0.25) is 19.4 Å². The second kappa shape index (κ2) is 10.4. The van der Waals surface area contributed by atoms with Crippen LogP contribution in [0.15, 0.2) is 42.7 Å². The normalized spacial score (nSPS) is 17.3. The molecule has 1 saturated heterocycles. The summed E-state index contributed by atoms with van der Waals surface area (Å²) in [4.78, 5) is 27.3. The molecule has 1 aliphatic carbocycles. The fourth-order valence-corrected chi connectivity index (χ4v) is 5.21. The fraction of sp³-hybridized carbons (Fsp3) is 0.462. The third-order valence-electron chi connectivity index (χ3n) is 7.30. The van der Waals surface area contributed by atoms with Crippen molar-refractivity contribution in [1.29, 1.82) is 0 Å². The molecule has 0 radical (unpaired) electrons. The molecule has 1 aromatic carbocycles. The van der Waals surface area contributed by atoms with E-state index in [0.29, 0.717) is 31.1 Å². The van der Waals surface area contributed by atoms with Crippen molar-refractivity contribution in [2.45, 2.75) is 57.2 Å². The van der Waals surface area contributed by atoms with Gasteiger partial charge in [0.15, 0.2) is 0 Å². The number of anilines is 1. The van der Waals surface area contributed by atoms with Crippen LogP contribution >= 0.6 is 0 Å². The predicted octanol–water partition coefficient (Wildman–Crippen LogP) is 5.29. The van der Waals surface area contributed by atoms with Gasteiger partial charge < -0.3 is 10.2 Å². The van der Waals surface area contributed by atoms with Crippen LogP contribution in [0.4, 0.5) is 18.9 Å². The number of likely N-dealkylation sites (tertiary alicyclic amines) is 1. The standard InChI is InChI=1S/C26H29F3N6O2/c27-26(28,29)19-7-3-6-18(13-19)22-14-23(33-32-22)25(37)31-20-15-30-35(16-20)21-8-10-34(11-9-21)24(36)12-17-4-1-2-5-17/h3,6-7,13-17,21H,1-2,4-5,8-12H2,(H,31,37)(H,32,33). The van der Waals surface area contributed by atoms with Crippen LogP contribution in [0.25, 0.3) is 11.3 Å². The van der Waals surface area contributed by atoms with E-state index in [2.05, 4.69) is 20.6 Å². The fourth-order valence-electron chi connectivity index (χ4n) is 5.21. The predicted molar refractivity (Wildman–Crippen MR) is 131 cm³/mol. The molecule has 37 heavy (non-hydrogen) atoms. The topological polar surface area (TPSA) is 95.9 Å². The Labute approximate surface area is 212 Å². The lowest BCUT2D eigenvalue weighted by molar-refractivity contribution is -0.137. The smallest absolute Gasteiger partial charge is 0.343 e. The van der Waals surface area contributed by atoms with E-state index in [1.165, 1.54) is 31.0 Å². The molecule has 3 aromatic rings. The number of halogens is 3. The highest BCUT2D eigenvalue weighted by molar-refractivity contribution is 6.03. The number of benzene rings is 1. The Morgan fingerprint density at radius 1 is 1.08 bits per heavy atom. The highest BCUT2D eigenvalue weighted by Crippen LogP contribution is 2.32. The second-order valence-corrected chi connectivity index (χ2v) is 9.88. The number of nitrogens with one attached hydrogen (secondary N) is 2. The van der Waals surface area contributed by atoms with E-state index in [0.717, 1.165) is 37.8 Å². The summed E-state index contributed by atoms with van der Waals surface area (Å²) in [5, 5.41) is 13.7. The lowest BCUT2D eigenvalue weighted by Gasteiger charge is -2.32. The molecule has 2 aromatic heterocycles. The molecule has 3 heterocycles. The Bertz CT molecular complexity index is 1250. The third kappa shape index (κ3) is 5.86. The first-order valence-electron chi connectivity index (χ1n) is 12.6. The van der Waals surface area contributed by atoms with Gasteiger partial charge in [-0.2, -0.15) is 23.4 Å². The first-order chi connectivity index (χ1) is 17.8. The van der Waals surface area contributed by atoms with Crippen molar-refractivity contribution in [2.75, 3.05) is 18.4 Å². The van der Waals surface area contributed by atoms with E-state index in [9.17, 15) is 22.8 Å². The van der Waals surface area contributed by atoms with E-state index < -0.39 is 17.6 Å². The zero-order chi connectivity index (χ0) is 26.0. The Morgan fingerprint density at radius 2 is 1.84 bits per heavy atom. The van der Waals surface area contributed by atoms with E-state index >= 15 is 0 Å². The number of amides is 2. The Balaban J connectivity index is 1.15. The van der Waals surface area contributed by atoms with Crippen LogP contribution in [0.5, 0.6) is 0 Å². The molecule has 5 rings (SSSR count).